The minimum absolute atomic E-state index is 0.000944. The van der Waals surface area contributed by atoms with E-state index in [1.54, 1.807) is 45.3 Å². The summed E-state index contributed by atoms with van der Waals surface area (Å²) >= 11 is 0. The topological polar surface area (TPSA) is 32.8 Å². The number of hydrogen-bond donors (Lipinski definition) is 0. The molecule has 2 rings (SSSR count). The van der Waals surface area contributed by atoms with E-state index in [4.69, 9.17) is 4.74 Å². The Morgan fingerprint density at radius 2 is 1.69 bits per heavy atom. The number of para-hydroxylation sites is 1. The van der Waals surface area contributed by atoms with Crippen molar-refractivity contribution in [2.75, 3.05) is 37.0 Å². The second-order valence-electron chi connectivity index (χ2n) is 5.68. The monoisotopic (exact) mass is 366 g/mol. The van der Waals surface area contributed by atoms with Gasteiger partial charge in [-0.25, -0.2) is 0 Å². The SMILES string of the molecule is CCN(CC(=O)N(C)c1ccc(OC)cc1)c1ccccc1C(F)(F)F. The summed E-state index contributed by atoms with van der Waals surface area (Å²) in [5, 5.41) is 0. The number of likely N-dealkylation sites (N-methyl/N-ethyl adjacent to an activating group) is 2. The van der Waals surface area contributed by atoms with Gasteiger partial charge in [-0.15, -0.1) is 0 Å². The van der Waals surface area contributed by atoms with Gasteiger partial charge in [-0.1, -0.05) is 12.1 Å². The van der Waals surface area contributed by atoms with Gasteiger partial charge in [0.25, 0.3) is 0 Å². The number of ether oxygens (including phenoxy) is 1. The van der Waals surface area contributed by atoms with Crippen LogP contribution < -0.4 is 14.5 Å². The van der Waals surface area contributed by atoms with Crippen LogP contribution in [0.25, 0.3) is 0 Å². The Bertz CT molecular complexity index is 745. The van der Waals surface area contributed by atoms with Gasteiger partial charge in [0.2, 0.25) is 5.91 Å². The van der Waals surface area contributed by atoms with Crippen molar-refractivity contribution in [3.63, 3.8) is 0 Å². The molecule has 0 unspecified atom stereocenters. The first-order chi connectivity index (χ1) is 12.3. The molecule has 0 heterocycles. The number of carbonyl (C=O) groups excluding carboxylic acids is 1. The molecule has 2 aromatic rings. The lowest BCUT2D eigenvalue weighted by atomic mass is 10.1. The molecule has 2 aromatic carbocycles. The van der Waals surface area contributed by atoms with Crippen LogP contribution in [-0.4, -0.2) is 33.2 Å². The molecule has 0 saturated heterocycles. The van der Waals surface area contributed by atoms with Crippen molar-refractivity contribution in [2.45, 2.75) is 13.1 Å². The van der Waals surface area contributed by atoms with E-state index < -0.39 is 11.7 Å². The third-order valence-electron chi connectivity index (χ3n) is 4.09. The van der Waals surface area contributed by atoms with Gasteiger partial charge < -0.3 is 14.5 Å². The first-order valence-electron chi connectivity index (χ1n) is 8.09. The van der Waals surface area contributed by atoms with Gasteiger partial charge in [0.05, 0.1) is 19.2 Å². The molecule has 0 fully saturated rings. The van der Waals surface area contributed by atoms with Gasteiger partial charge in [-0.3, -0.25) is 4.79 Å². The van der Waals surface area contributed by atoms with E-state index in [-0.39, 0.29) is 24.7 Å². The highest BCUT2D eigenvalue weighted by Gasteiger charge is 2.34. The Balaban J connectivity index is 2.20. The zero-order chi connectivity index (χ0) is 19.3. The van der Waals surface area contributed by atoms with Crippen LogP contribution in [0.4, 0.5) is 24.5 Å². The third kappa shape index (κ3) is 4.47. The van der Waals surface area contributed by atoms with Crippen molar-refractivity contribution < 1.29 is 22.7 Å². The maximum Gasteiger partial charge on any atom is 0.418 e. The summed E-state index contributed by atoms with van der Waals surface area (Å²) in [7, 11) is 3.13. The van der Waals surface area contributed by atoms with E-state index in [1.165, 1.54) is 28.0 Å². The van der Waals surface area contributed by atoms with Gasteiger partial charge in [-0.2, -0.15) is 13.2 Å². The van der Waals surface area contributed by atoms with Crippen molar-refractivity contribution in [3.8, 4) is 5.75 Å². The van der Waals surface area contributed by atoms with Gasteiger partial charge in [0, 0.05) is 25.0 Å². The van der Waals surface area contributed by atoms with Gasteiger partial charge in [-0.05, 0) is 43.3 Å². The lowest BCUT2D eigenvalue weighted by Gasteiger charge is -2.28. The summed E-state index contributed by atoms with van der Waals surface area (Å²) in [5.74, 6) is 0.345. The van der Waals surface area contributed by atoms with Crippen molar-refractivity contribution in [1.82, 2.24) is 0 Å². The molecule has 0 aliphatic carbocycles. The number of amides is 1. The number of hydrogen-bond acceptors (Lipinski definition) is 3. The molecule has 0 N–H and O–H groups in total. The number of nitrogens with zero attached hydrogens (tertiary/aromatic N) is 2. The molecule has 0 atom stereocenters. The molecule has 140 valence electrons. The van der Waals surface area contributed by atoms with Crippen molar-refractivity contribution in [2.24, 2.45) is 0 Å². The molecule has 7 heteroatoms. The molecule has 26 heavy (non-hydrogen) atoms. The van der Waals surface area contributed by atoms with Crippen molar-refractivity contribution in [1.29, 1.82) is 0 Å². The molecule has 0 aromatic heterocycles. The summed E-state index contributed by atoms with van der Waals surface area (Å²) in [6.45, 7) is 1.83. The number of carbonyl (C=O) groups is 1. The fourth-order valence-corrected chi connectivity index (χ4v) is 2.58. The molecule has 0 aliphatic rings. The fraction of sp³-hybridized carbons (Fsp3) is 0.316. The average Bonchev–Trinajstić information content (AvgIpc) is 2.64. The highest BCUT2D eigenvalue weighted by molar-refractivity contribution is 5.96. The maximum atomic E-state index is 13.2. The standard InChI is InChI=1S/C19H21F3N2O2/c1-4-24(17-8-6-5-7-16(17)19(20,21)22)13-18(25)23(2)14-9-11-15(26-3)12-10-14/h5-12H,4,13H2,1-3H3. The van der Waals surface area contributed by atoms with Crippen molar-refractivity contribution >= 4 is 17.3 Å². The zero-order valence-corrected chi connectivity index (χ0v) is 14.9. The normalized spacial score (nSPS) is 11.2. The molecule has 0 radical (unpaired) electrons. The predicted molar refractivity (Wildman–Crippen MR) is 95.7 cm³/mol. The summed E-state index contributed by atoms with van der Waals surface area (Å²) in [6.07, 6.45) is -4.48. The fourth-order valence-electron chi connectivity index (χ4n) is 2.58. The van der Waals surface area contributed by atoms with Crippen LogP contribution in [0, 0.1) is 0 Å². The van der Waals surface area contributed by atoms with E-state index >= 15 is 0 Å². The van der Waals surface area contributed by atoms with Crippen LogP contribution in [0.15, 0.2) is 48.5 Å². The van der Waals surface area contributed by atoms with Gasteiger partial charge in [0.15, 0.2) is 0 Å². The predicted octanol–water partition coefficient (Wildman–Crippen LogP) is 4.20. The molecule has 0 bridgehead atoms. The second kappa shape index (κ2) is 8.12. The van der Waals surface area contributed by atoms with Crippen LogP contribution in [0.5, 0.6) is 5.75 Å². The van der Waals surface area contributed by atoms with E-state index in [1.807, 2.05) is 0 Å². The van der Waals surface area contributed by atoms with Crippen LogP contribution >= 0.6 is 0 Å². The Morgan fingerprint density at radius 1 is 1.08 bits per heavy atom. The summed E-state index contributed by atoms with van der Waals surface area (Å²) < 4.78 is 44.8. The lowest BCUT2D eigenvalue weighted by Crippen LogP contribution is -2.39. The summed E-state index contributed by atoms with van der Waals surface area (Å²) in [5.41, 5.74) is -0.114. The largest absolute Gasteiger partial charge is 0.497 e. The lowest BCUT2D eigenvalue weighted by molar-refractivity contribution is -0.137. The molecule has 1 amide bonds. The molecule has 0 spiro atoms. The smallest absolute Gasteiger partial charge is 0.418 e. The van der Waals surface area contributed by atoms with E-state index in [2.05, 4.69) is 0 Å². The number of halogens is 3. The van der Waals surface area contributed by atoms with Gasteiger partial charge in [0.1, 0.15) is 5.75 Å². The van der Waals surface area contributed by atoms with Crippen molar-refractivity contribution in [3.05, 3.63) is 54.1 Å². The highest BCUT2D eigenvalue weighted by atomic mass is 19.4. The number of methoxy groups -OCH3 is 1. The quantitative estimate of drug-likeness (QED) is 0.768. The highest BCUT2D eigenvalue weighted by Crippen LogP contribution is 2.36. The summed E-state index contributed by atoms with van der Waals surface area (Å²) in [6, 6.07) is 12.2. The van der Waals surface area contributed by atoms with E-state index in [9.17, 15) is 18.0 Å². The Hall–Kier alpha value is -2.70. The Kier molecular flexibility index (Phi) is 6.13. The molecular weight excluding hydrogens is 345 g/mol. The maximum absolute atomic E-state index is 13.2. The average molecular weight is 366 g/mol. The van der Waals surface area contributed by atoms with Crippen LogP contribution in [-0.2, 0) is 11.0 Å². The second-order valence-corrected chi connectivity index (χ2v) is 5.68. The third-order valence-corrected chi connectivity index (χ3v) is 4.09. The van der Waals surface area contributed by atoms with Crippen LogP contribution in [0.2, 0.25) is 0 Å². The first-order valence-corrected chi connectivity index (χ1v) is 8.09. The number of rotatable bonds is 6. The van der Waals surface area contributed by atoms with Crippen LogP contribution in [0.1, 0.15) is 12.5 Å². The first kappa shape index (κ1) is 19.6. The Morgan fingerprint density at radius 3 is 2.23 bits per heavy atom. The van der Waals surface area contributed by atoms with Crippen LogP contribution in [0.3, 0.4) is 0 Å². The zero-order valence-electron chi connectivity index (χ0n) is 14.9. The molecule has 4 nitrogen and oxygen atoms in total. The number of alkyl halides is 3. The minimum atomic E-state index is -4.48. The molecule has 0 saturated carbocycles. The molecule has 0 aliphatic heterocycles. The molecular formula is C19H21F3N2O2. The minimum Gasteiger partial charge on any atom is -0.497 e. The Labute approximate surface area is 150 Å². The number of benzene rings is 2. The summed E-state index contributed by atoms with van der Waals surface area (Å²) in [4.78, 5) is 15.4. The number of anilines is 2. The van der Waals surface area contributed by atoms with Gasteiger partial charge >= 0.3 is 6.18 Å². The van der Waals surface area contributed by atoms with E-state index in [0.717, 1.165) is 6.07 Å². The van der Waals surface area contributed by atoms with E-state index in [0.29, 0.717) is 11.4 Å².